The highest BCUT2D eigenvalue weighted by atomic mass is 32.1. The van der Waals surface area contributed by atoms with E-state index in [1.54, 1.807) is 31.2 Å². The van der Waals surface area contributed by atoms with E-state index in [9.17, 15) is 14.4 Å². The Morgan fingerprint density at radius 3 is 2.54 bits per heavy atom. The van der Waals surface area contributed by atoms with Crippen LogP contribution in [0.3, 0.4) is 0 Å². The lowest BCUT2D eigenvalue weighted by Gasteiger charge is -2.06. The maximum absolute atomic E-state index is 12.7. The van der Waals surface area contributed by atoms with Crippen LogP contribution in [0.1, 0.15) is 31.4 Å². The van der Waals surface area contributed by atoms with Gasteiger partial charge in [-0.2, -0.15) is 0 Å². The van der Waals surface area contributed by atoms with E-state index in [0.717, 1.165) is 12.0 Å². The largest absolute Gasteiger partial charge is 0.493 e. The van der Waals surface area contributed by atoms with Crippen LogP contribution in [0.2, 0.25) is 0 Å². The van der Waals surface area contributed by atoms with Crippen molar-refractivity contribution in [2.75, 3.05) is 19.5 Å². The summed E-state index contributed by atoms with van der Waals surface area (Å²) in [5.41, 5.74) is 1.32. The molecule has 0 unspecified atom stereocenters. The van der Waals surface area contributed by atoms with E-state index in [1.807, 2.05) is 6.92 Å². The molecule has 0 aliphatic carbocycles. The van der Waals surface area contributed by atoms with Gasteiger partial charge in [-0.3, -0.25) is 14.9 Å². The molecular weight excluding hydrogens is 384 g/mol. The van der Waals surface area contributed by atoms with Gasteiger partial charge in [0.15, 0.2) is 17.1 Å². The van der Waals surface area contributed by atoms with Gasteiger partial charge in [-0.1, -0.05) is 12.1 Å². The first kappa shape index (κ1) is 19.4. The van der Waals surface area contributed by atoms with E-state index in [1.165, 1.54) is 18.4 Å². The number of hydrogen-bond donors (Lipinski definition) is 2. The highest BCUT2D eigenvalue weighted by Gasteiger charge is 2.24. The Morgan fingerprint density at radius 1 is 1.11 bits per heavy atom. The molecule has 0 aliphatic heterocycles. The van der Waals surface area contributed by atoms with Crippen molar-refractivity contribution in [3.05, 3.63) is 46.0 Å². The van der Waals surface area contributed by atoms with Crippen LogP contribution in [0, 0.1) is 13.8 Å². The van der Waals surface area contributed by atoms with Crippen LogP contribution in [0.15, 0.2) is 28.7 Å². The summed E-state index contributed by atoms with van der Waals surface area (Å²) in [4.78, 5) is 37.3. The lowest BCUT2D eigenvalue weighted by atomic mass is 10.1. The number of alkyl carbamates (subject to hydrolysis) is 1. The number of hydrogen-bond acceptors (Lipinski definition) is 7. The summed E-state index contributed by atoms with van der Waals surface area (Å²) in [5, 5.41) is 5.82. The molecule has 0 bridgehead atoms. The standard InChI is InChI=1S/C19H18N2O6S/c1-9-10(2)28-18(14(9)17(23)21-19(24)26-4)20-16(22)13-8-11-6-5-7-12(25-3)15(11)27-13/h5-8H,1-4H3,(H,20,22)(H,21,23,24). The number of nitrogens with one attached hydrogen (secondary N) is 2. The zero-order valence-electron chi connectivity index (χ0n) is 15.7. The third-order valence-electron chi connectivity index (χ3n) is 4.19. The molecule has 2 aromatic heterocycles. The van der Waals surface area contributed by atoms with Gasteiger partial charge in [-0.15, -0.1) is 11.3 Å². The summed E-state index contributed by atoms with van der Waals surface area (Å²) in [6.07, 6.45) is -0.880. The fourth-order valence-electron chi connectivity index (χ4n) is 2.67. The van der Waals surface area contributed by atoms with Gasteiger partial charge in [-0.25, -0.2) is 4.79 Å². The maximum atomic E-state index is 12.7. The van der Waals surface area contributed by atoms with Crippen molar-refractivity contribution in [1.29, 1.82) is 0 Å². The molecule has 0 saturated heterocycles. The predicted octanol–water partition coefficient (Wildman–Crippen LogP) is 3.87. The van der Waals surface area contributed by atoms with Gasteiger partial charge < -0.3 is 19.2 Å². The quantitative estimate of drug-likeness (QED) is 0.686. The van der Waals surface area contributed by atoms with Gasteiger partial charge in [0.2, 0.25) is 0 Å². The number of methoxy groups -OCH3 is 2. The Labute approximate surface area is 164 Å². The highest BCUT2D eigenvalue weighted by molar-refractivity contribution is 7.16. The molecule has 0 atom stereocenters. The molecule has 0 aliphatic rings. The van der Waals surface area contributed by atoms with Crippen molar-refractivity contribution < 1.29 is 28.3 Å². The Hall–Kier alpha value is -3.33. The van der Waals surface area contributed by atoms with Crippen LogP contribution in [0.5, 0.6) is 5.75 Å². The molecule has 0 spiro atoms. The number of anilines is 1. The number of imide groups is 1. The normalized spacial score (nSPS) is 10.6. The number of para-hydroxylation sites is 1. The molecule has 0 saturated carbocycles. The number of amides is 3. The first-order valence-corrected chi connectivity index (χ1v) is 9.04. The molecule has 3 amide bonds. The Morgan fingerprint density at radius 2 is 1.86 bits per heavy atom. The minimum absolute atomic E-state index is 0.0718. The van der Waals surface area contributed by atoms with Crippen molar-refractivity contribution in [3.8, 4) is 5.75 Å². The molecule has 146 valence electrons. The van der Waals surface area contributed by atoms with Crippen LogP contribution in [-0.2, 0) is 4.74 Å². The van der Waals surface area contributed by atoms with E-state index in [-0.39, 0.29) is 11.3 Å². The summed E-state index contributed by atoms with van der Waals surface area (Å²) in [5.74, 6) is -0.595. The number of aryl methyl sites for hydroxylation is 1. The number of rotatable bonds is 4. The van der Waals surface area contributed by atoms with Crippen molar-refractivity contribution in [3.63, 3.8) is 0 Å². The monoisotopic (exact) mass is 402 g/mol. The number of benzene rings is 1. The van der Waals surface area contributed by atoms with Crippen LogP contribution >= 0.6 is 11.3 Å². The summed E-state index contributed by atoms with van der Waals surface area (Å²) in [6.45, 7) is 3.55. The number of carbonyl (C=O) groups excluding carboxylic acids is 3. The predicted molar refractivity (Wildman–Crippen MR) is 104 cm³/mol. The topological polar surface area (TPSA) is 107 Å². The van der Waals surface area contributed by atoms with E-state index < -0.39 is 17.9 Å². The molecular formula is C19H18N2O6S. The van der Waals surface area contributed by atoms with Crippen LogP contribution in [-0.4, -0.2) is 32.1 Å². The van der Waals surface area contributed by atoms with Crippen molar-refractivity contribution in [2.45, 2.75) is 13.8 Å². The van der Waals surface area contributed by atoms with E-state index in [0.29, 0.717) is 27.3 Å². The van der Waals surface area contributed by atoms with Crippen LogP contribution in [0.4, 0.5) is 9.80 Å². The van der Waals surface area contributed by atoms with Crippen molar-refractivity contribution in [1.82, 2.24) is 5.32 Å². The van der Waals surface area contributed by atoms with E-state index >= 15 is 0 Å². The molecule has 9 heteroatoms. The summed E-state index contributed by atoms with van der Waals surface area (Å²) >= 11 is 1.23. The first-order chi connectivity index (χ1) is 13.3. The van der Waals surface area contributed by atoms with Gasteiger partial charge in [0.25, 0.3) is 11.8 Å². The van der Waals surface area contributed by atoms with Crippen LogP contribution in [0.25, 0.3) is 11.0 Å². The van der Waals surface area contributed by atoms with Crippen molar-refractivity contribution in [2.24, 2.45) is 0 Å². The van der Waals surface area contributed by atoms with E-state index in [4.69, 9.17) is 9.15 Å². The first-order valence-electron chi connectivity index (χ1n) is 8.22. The number of carbonyl (C=O) groups is 3. The lowest BCUT2D eigenvalue weighted by molar-refractivity contribution is 0.0937. The number of fused-ring (bicyclic) bond motifs is 1. The second-order valence-corrected chi connectivity index (χ2v) is 7.10. The van der Waals surface area contributed by atoms with E-state index in [2.05, 4.69) is 15.4 Å². The molecule has 2 N–H and O–H groups in total. The number of thiophene rings is 1. The minimum atomic E-state index is -0.880. The second kappa shape index (κ2) is 7.73. The lowest BCUT2D eigenvalue weighted by Crippen LogP contribution is -2.31. The van der Waals surface area contributed by atoms with Crippen LogP contribution < -0.4 is 15.4 Å². The number of ether oxygens (including phenoxy) is 2. The minimum Gasteiger partial charge on any atom is -0.493 e. The average Bonchev–Trinajstić information content (AvgIpc) is 3.22. The summed E-state index contributed by atoms with van der Waals surface area (Å²) in [6, 6.07) is 6.91. The fourth-order valence-corrected chi connectivity index (χ4v) is 3.72. The zero-order chi connectivity index (χ0) is 20.4. The molecule has 3 aromatic rings. The molecule has 28 heavy (non-hydrogen) atoms. The second-order valence-electron chi connectivity index (χ2n) is 5.88. The Balaban J connectivity index is 1.91. The number of furan rings is 1. The van der Waals surface area contributed by atoms with Crippen molar-refractivity contribution >= 4 is 45.2 Å². The highest BCUT2D eigenvalue weighted by Crippen LogP contribution is 2.34. The molecule has 8 nitrogen and oxygen atoms in total. The molecule has 3 rings (SSSR count). The molecule has 1 aromatic carbocycles. The summed E-state index contributed by atoms with van der Waals surface area (Å²) in [7, 11) is 2.67. The van der Waals surface area contributed by atoms with Gasteiger partial charge in [0.05, 0.1) is 19.8 Å². The average molecular weight is 402 g/mol. The van der Waals surface area contributed by atoms with Gasteiger partial charge in [-0.05, 0) is 31.5 Å². The zero-order valence-corrected chi connectivity index (χ0v) is 16.5. The van der Waals surface area contributed by atoms with Gasteiger partial charge >= 0.3 is 6.09 Å². The Bertz CT molecular complexity index is 1080. The summed E-state index contributed by atoms with van der Waals surface area (Å²) < 4.78 is 15.3. The molecule has 0 fully saturated rings. The third kappa shape index (κ3) is 3.56. The smallest absolute Gasteiger partial charge is 0.413 e. The Kier molecular flexibility index (Phi) is 5.36. The van der Waals surface area contributed by atoms with Gasteiger partial charge in [0, 0.05) is 10.3 Å². The SMILES string of the molecule is COC(=O)NC(=O)c1c(NC(=O)c2cc3cccc(OC)c3o2)sc(C)c1C. The third-order valence-corrected chi connectivity index (χ3v) is 5.31. The fraction of sp³-hybridized carbons (Fsp3) is 0.211. The van der Waals surface area contributed by atoms with Gasteiger partial charge in [0.1, 0.15) is 5.00 Å². The maximum Gasteiger partial charge on any atom is 0.413 e. The molecule has 0 radical (unpaired) electrons. The molecule has 2 heterocycles.